The fourth-order valence-corrected chi connectivity index (χ4v) is 4.81. The van der Waals surface area contributed by atoms with E-state index in [1.807, 2.05) is 30.3 Å². The molecule has 36 heavy (non-hydrogen) atoms. The van der Waals surface area contributed by atoms with E-state index < -0.39 is 24.0 Å². The van der Waals surface area contributed by atoms with Crippen LogP contribution >= 0.6 is 11.6 Å². The SMILES string of the molecule is COC(=O)C1CC(C(=O)NCc2ccc(OC)cc2)N(C(=O)c2ccccc2)C1c1cccc(Cl)c1. The minimum atomic E-state index is -0.885. The van der Waals surface area contributed by atoms with Gasteiger partial charge < -0.3 is 19.7 Å². The van der Waals surface area contributed by atoms with Crippen molar-refractivity contribution in [3.63, 3.8) is 0 Å². The molecular weight excluding hydrogens is 480 g/mol. The molecule has 0 bridgehead atoms. The van der Waals surface area contributed by atoms with Gasteiger partial charge in [0, 0.05) is 17.1 Å². The summed E-state index contributed by atoms with van der Waals surface area (Å²) < 4.78 is 10.3. The van der Waals surface area contributed by atoms with Crippen molar-refractivity contribution < 1.29 is 23.9 Å². The molecule has 0 radical (unpaired) electrons. The maximum Gasteiger partial charge on any atom is 0.311 e. The van der Waals surface area contributed by atoms with Gasteiger partial charge in [0.05, 0.1) is 26.2 Å². The molecule has 3 aromatic rings. The number of esters is 1. The Kier molecular flexibility index (Phi) is 7.90. The lowest BCUT2D eigenvalue weighted by Crippen LogP contribution is -2.46. The van der Waals surface area contributed by atoms with Crippen molar-refractivity contribution in [1.82, 2.24) is 10.2 Å². The molecule has 0 aliphatic carbocycles. The molecule has 1 fully saturated rings. The van der Waals surface area contributed by atoms with Crippen molar-refractivity contribution >= 4 is 29.4 Å². The fourth-order valence-electron chi connectivity index (χ4n) is 4.61. The van der Waals surface area contributed by atoms with Gasteiger partial charge in [0.25, 0.3) is 5.91 Å². The first-order valence-electron chi connectivity index (χ1n) is 11.5. The summed E-state index contributed by atoms with van der Waals surface area (Å²) in [5, 5.41) is 3.39. The number of nitrogens with zero attached hydrogens (tertiary/aromatic N) is 1. The highest BCUT2D eigenvalue weighted by molar-refractivity contribution is 6.30. The van der Waals surface area contributed by atoms with Gasteiger partial charge in [-0.15, -0.1) is 0 Å². The normalized spacial score (nSPS) is 19.0. The molecule has 0 spiro atoms. The predicted molar refractivity (Wildman–Crippen MR) is 136 cm³/mol. The molecular formula is C28H27ClN2O5. The minimum Gasteiger partial charge on any atom is -0.497 e. The minimum absolute atomic E-state index is 0.122. The Labute approximate surface area is 215 Å². The lowest BCUT2D eigenvalue weighted by molar-refractivity contribution is -0.146. The van der Waals surface area contributed by atoms with E-state index in [0.717, 1.165) is 5.56 Å². The smallest absolute Gasteiger partial charge is 0.311 e. The molecule has 3 aromatic carbocycles. The van der Waals surface area contributed by atoms with Gasteiger partial charge in [0.1, 0.15) is 11.8 Å². The van der Waals surface area contributed by atoms with Crippen LogP contribution in [0.15, 0.2) is 78.9 Å². The van der Waals surface area contributed by atoms with Crippen LogP contribution in [0.4, 0.5) is 0 Å². The Morgan fingerprint density at radius 2 is 1.69 bits per heavy atom. The zero-order valence-electron chi connectivity index (χ0n) is 20.0. The molecule has 7 nitrogen and oxygen atoms in total. The molecule has 186 valence electrons. The molecule has 1 aliphatic heterocycles. The van der Waals surface area contributed by atoms with Crippen molar-refractivity contribution in [1.29, 1.82) is 0 Å². The number of carbonyl (C=O) groups is 3. The summed E-state index contributed by atoms with van der Waals surface area (Å²) in [7, 11) is 2.89. The van der Waals surface area contributed by atoms with Crippen LogP contribution in [0.1, 0.15) is 33.9 Å². The van der Waals surface area contributed by atoms with Crippen molar-refractivity contribution in [2.75, 3.05) is 14.2 Å². The zero-order chi connectivity index (χ0) is 25.7. The molecule has 1 heterocycles. The molecule has 1 saturated heterocycles. The number of methoxy groups -OCH3 is 2. The maximum absolute atomic E-state index is 13.8. The highest BCUT2D eigenvalue weighted by Crippen LogP contribution is 2.43. The number of rotatable bonds is 7. The number of carbonyl (C=O) groups excluding carboxylic acids is 3. The van der Waals surface area contributed by atoms with Crippen LogP contribution in [0.2, 0.25) is 5.02 Å². The Morgan fingerprint density at radius 1 is 0.972 bits per heavy atom. The van der Waals surface area contributed by atoms with Crippen LogP contribution in [0.5, 0.6) is 5.75 Å². The highest BCUT2D eigenvalue weighted by atomic mass is 35.5. The average molecular weight is 507 g/mol. The summed E-state index contributed by atoms with van der Waals surface area (Å²) >= 11 is 6.26. The van der Waals surface area contributed by atoms with Crippen LogP contribution in [-0.4, -0.2) is 42.9 Å². The molecule has 8 heteroatoms. The molecule has 3 atom stereocenters. The van der Waals surface area contributed by atoms with E-state index in [1.54, 1.807) is 55.6 Å². The van der Waals surface area contributed by atoms with Crippen LogP contribution in [0.3, 0.4) is 0 Å². The van der Waals surface area contributed by atoms with Crippen molar-refractivity contribution in [3.05, 3.63) is 101 Å². The van der Waals surface area contributed by atoms with E-state index in [-0.39, 0.29) is 24.8 Å². The second kappa shape index (κ2) is 11.3. The number of halogens is 1. The predicted octanol–water partition coefficient (Wildman–Crippen LogP) is 4.41. The summed E-state index contributed by atoms with van der Waals surface area (Å²) in [6.07, 6.45) is 0.122. The Bertz CT molecular complexity index is 1230. The molecule has 1 aliphatic rings. The molecule has 0 aromatic heterocycles. The summed E-state index contributed by atoms with van der Waals surface area (Å²) in [5.74, 6) is -1.22. The second-order valence-electron chi connectivity index (χ2n) is 8.53. The lowest BCUT2D eigenvalue weighted by Gasteiger charge is -2.31. The Balaban J connectivity index is 1.69. The first kappa shape index (κ1) is 25.3. The van der Waals surface area contributed by atoms with E-state index in [2.05, 4.69) is 5.32 Å². The number of benzene rings is 3. The largest absolute Gasteiger partial charge is 0.497 e. The summed E-state index contributed by atoms with van der Waals surface area (Å²) in [6, 6.07) is 21.4. The topological polar surface area (TPSA) is 84.9 Å². The van der Waals surface area contributed by atoms with Crippen molar-refractivity contribution in [2.45, 2.75) is 25.0 Å². The number of likely N-dealkylation sites (tertiary alicyclic amines) is 1. The van der Waals surface area contributed by atoms with Crippen LogP contribution < -0.4 is 10.1 Å². The lowest BCUT2D eigenvalue weighted by atomic mass is 9.93. The third-order valence-electron chi connectivity index (χ3n) is 6.37. The highest BCUT2D eigenvalue weighted by Gasteiger charge is 2.51. The molecule has 4 rings (SSSR count). The quantitative estimate of drug-likeness (QED) is 0.480. The van der Waals surface area contributed by atoms with Crippen molar-refractivity contribution in [3.8, 4) is 5.75 Å². The van der Waals surface area contributed by atoms with Gasteiger partial charge in [-0.05, 0) is 53.9 Å². The second-order valence-corrected chi connectivity index (χ2v) is 8.96. The third-order valence-corrected chi connectivity index (χ3v) is 6.61. The van der Waals surface area contributed by atoms with Gasteiger partial charge in [-0.3, -0.25) is 14.4 Å². The average Bonchev–Trinajstić information content (AvgIpc) is 3.32. The Hall–Kier alpha value is -3.84. The zero-order valence-corrected chi connectivity index (χ0v) is 20.8. The van der Waals surface area contributed by atoms with Crippen LogP contribution in [0, 0.1) is 5.92 Å². The number of hydrogen-bond acceptors (Lipinski definition) is 5. The van der Waals surface area contributed by atoms with Gasteiger partial charge >= 0.3 is 5.97 Å². The van der Waals surface area contributed by atoms with Crippen molar-refractivity contribution in [2.24, 2.45) is 5.92 Å². The van der Waals surface area contributed by atoms with Gasteiger partial charge in [-0.25, -0.2) is 0 Å². The maximum atomic E-state index is 13.8. The van der Waals surface area contributed by atoms with Crippen LogP contribution in [0.25, 0.3) is 0 Å². The van der Waals surface area contributed by atoms with Gasteiger partial charge in [0.2, 0.25) is 5.91 Å². The number of amides is 2. The number of nitrogens with one attached hydrogen (secondary N) is 1. The van der Waals surface area contributed by atoms with Crippen LogP contribution in [-0.2, 0) is 20.9 Å². The van der Waals surface area contributed by atoms with E-state index in [9.17, 15) is 14.4 Å². The monoisotopic (exact) mass is 506 g/mol. The first-order chi connectivity index (χ1) is 17.4. The third kappa shape index (κ3) is 5.36. The molecule has 1 N–H and O–H groups in total. The number of ether oxygens (including phenoxy) is 2. The summed E-state index contributed by atoms with van der Waals surface area (Å²) in [6.45, 7) is 0.261. The van der Waals surface area contributed by atoms with E-state index in [4.69, 9.17) is 21.1 Å². The van der Waals surface area contributed by atoms with Gasteiger partial charge in [0.15, 0.2) is 0 Å². The Morgan fingerprint density at radius 3 is 2.33 bits per heavy atom. The molecule has 2 amide bonds. The van der Waals surface area contributed by atoms with Gasteiger partial charge in [-0.2, -0.15) is 0 Å². The van der Waals surface area contributed by atoms with Gasteiger partial charge in [-0.1, -0.05) is 54.1 Å². The van der Waals surface area contributed by atoms with E-state index in [1.165, 1.54) is 12.0 Å². The summed E-state index contributed by atoms with van der Waals surface area (Å²) in [5.41, 5.74) is 1.95. The standard InChI is InChI=1S/C28H27ClN2O5/c1-35-22-13-11-18(12-14-22)17-30-26(32)24-16-23(28(34)36-2)25(20-9-6-10-21(29)15-20)31(24)27(33)19-7-4-3-5-8-19/h3-15,23-25H,16-17H2,1-2H3,(H,30,32). The first-order valence-corrected chi connectivity index (χ1v) is 11.9. The molecule has 0 saturated carbocycles. The number of hydrogen-bond donors (Lipinski definition) is 1. The fraction of sp³-hybridized carbons (Fsp3) is 0.250. The van der Waals surface area contributed by atoms with E-state index >= 15 is 0 Å². The summed E-state index contributed by atoms with van der Waals surface area (Å²) in [4.78, 5) is 41.6. The van der Waals surface area contributed by atoms with E-state index in [0.29, 0.717) is 21.9 Å². The molecule has 3 unspecified atom stereocenters.